The SMILES string of the molecule is COc1ccc(COC[C@H](C)[C@H]2O[C@@H]2[C@@H](O[Si](C)(C)C(C)(C)C)[C@@H](CO[Si](C)(C)C(C)(C)C)[C@@H]2OC(C)(C)O[C@H](CC(=O)N(C)OC)[C@H]2CO)cc1. The number of carbonyl (C=O) groups is 1. The van der Waals surface area contributed by atoms with Crippen LogP contribution in [0.2, 0.25) is 36.3 Å². The number of aliphatic hydroxyl groups excluding tert-OH is 1. The highest BCUT2D eigenvalue weighted by atomic mass is 28.4. The maximum atomic E-state index is 13.2. The predicted octanol–water partition coefficient (Wildman–Crippen LogP) is 7.18. The average Bonchev–Trinajstić information content (AvgIpc) is 3.83. The molecule has 1 N–H and O–H groups in total. The van der Waals surface area contributed by atoms with Crippen LogP contribution in [0.5, 0.6) is 5.75 Å². The van der Waals surface area contributed by atoms with E-state index in [1.165, 1.54) is 12.2 Å². The molecule has 0 bridgehead atoms. The Morgan fingerprint density at radius 1 is 0.923 bits per heavy atom. The fourth-order valence-electron chi connectivity index (χ4n) is 6.18. The van der Waals surface area contributed by atoms with Gasteiger partial charge < -0.3 is 37.6 Å². The minimum atomic E-state index is -2.39. The fourth-order valence-corrected chi connectivity index (χ4v) is 8.56. The Hall–Kier alpha value is -1.40. The highest BCUT2D eigenvalue weighted by Gasteiger charge is 2.58. The lowest BCUT2D eigenvalue weighted by Crippen LogP contribution is -2.60. The minimum Gasteiger partial charge on any atom is -0.497 e. The highest BCUT2D eigenvalue weighted by Crippen LogP contribution is 2.47. The van der Waals surface area contributed by atoms with Gasteiger partial charge >= 0.3 is 0 Å². The van der Waals surface area contributed by atoms with Crippen LogP contribution < -0.4 is 4.74 Å². The molecule has 1 amide bonds. The van der Waals surface area contributed by atoms with Crippen molar-refractivity contribution in [2.75, 3.05) is 41.1 Å². The third kappa shape index (κ3) is 11.6. The van der Waals surface area contributed by atoms with Crippen molar-refractivity contribution in [2.45, 2.75) is 148 Å². The van der Waals surface area contributed by atoms with Crippen molar-refractivity contribution in [3.8, 4) is 5.75 Å². The van der Waals surface area contributed by atoms with Gasteiger partial charge in [0, 0.05) is 31.4 Å². The third-order valence-electron chi connectivity index (χ3n) is 11.7. The molecule has 0 aromatic heterocycles. The first-order valence-corrected chi connectivity index (χ1v) is 24.6. The van der Waals surface area contributed by atoms with Crippen LogP contribution in [0.4, 0.5) is 0 Å². The van der Waals surface area contributed by atoms with Crippen molar-refractivity contribution in [3.63, 3.8) is 0 Å². The molecule has 8 atom stereocenters. The molecule has 13 heteroatoms. The number of hydroxylamine groups is 2. The third-order valence-corrected chi connectivity index (χ3v) is 20.7. The molecule has 0 unspecified atom stereocenters. The Kier molecular flexibility index (Phi) is 15.2. The lowest BCUT2D eigenvalue weighted by molar-refractivity contribution is -0.338. The number of ether oxygens (including phenoxy) is 5. The molecule has 0 radical (unpaired) electrons. The second-order valence-corrected chi connectivity index (χ2v) is 27.8. The normalized spacial score (nSPS) is 25.7. The number of carbonyl (C=O) groups excluding carboxylic acids is 1. The summed E-state index contributed by atoms with van der Waals surface area (Å²) in [5.74, 6) is -1.28. The van der Waals surface area contributed by atoms with Gasteiger partial charge in [0.1, 0.15) is 11.9 Å². The Morgan fingerprint density at radius 2 is 1.52 bits per heavy atom. The molecule has 0 spiro atoms. The molecule has 2 fully saturated rings. The minimum absolute atomic E-state index is 0.0214. The van der Waals surface area contributed by atoms with Gasteiger partial charge in [-0.05, 0) is 67.8 Å². The summed E-state index contributed by atoms with van der Waals surface area (Å²) in [7, 11) is 0.0372. The second-order valence-electron chi connectivity index (χ2n) is 18.2. The molecule has 2 aliphatic heterocycles. The van der Waals surface area contributed by atoms with E-state index in [1.54, 1.807) is 14.2 Å². The van der Waals surface area contributed by atoms with E-state index in [0.717, 1.165) is 11.3 Å². The van der Waals surface area contributed by atoms with Crippen molar-refractivity contribution in [1.82, 2.24) is 5.06 Å². The van der Waals surface area contributed by atoms with Crippen LogP contribution in [0.25, 0.3) is 0 Å². The van der Waals surface area contributed by atoms with Crippen molar-refractivity contribution >= 4 is 22.5 Å². The molecule has 11 nitrogen and oxygen atoms in total. The summed E-state index contributed by atoms with van der Waals surface area (Å²) in [4.78, 5) is 18.3. The van der Waals surface area contributed by atoms with E-state index in [1.807, 2.05) is 38.1 Å². The summed E-state index contributed by atoms with van der Waals surface area (Å²) in [6.07, 6.45) is -1.93. The molecular weight excluding hydrogens is 699 g/mol. The van der Waals surface area contributed by atoms with Crippen LogP contribution in [0, 0.1) is 17.8 Å². The summed E-state index contributed by atoms with van der Waals surface area (Å²) in [5, 5.41) is 12.1. The van der Waals surface area contributed by atoms with Crippen molar-refractivity contribution in [2.24, 2.45) is 17.8 Å². The van der Waals surface area contributed by atoms with E-state index < -0.39 is 46.7 Å². The molecule has 2 heterocycles. The van der Waals surface area contributed by atoms with Gasteiger partial charge in [-0.15, -0.1) is 0 Å². The molecular formula is C39H71NO10Si2. The van der Waals surface area contributed by atoms with Crippen LogP contribution >= 0.6 is 0 Å². The predicted molar refractivity (Wildman–Crippen MR) is 208 cm³/mol. The van der Waals surface area contributed by atoms with Gasteiger partial charge in [-0.3, -0.25) is 9.63 Å². The van der Waals surface area contributed by atoms with E-state index in [-0.39, 0.29) is 53.1 Å². The molecule has 3 rings (SSSR count). The van der Waals surface area contributed by atoms with Crippen LogP contribution in [0.3, 0.4) is 0 Å². The Morgan fingerprint density at radius 3 is 2.04 bits per heavy atom. The number of hydrogen-bond acceptors (Lipinski definition) is 10. The average molecular weight is 770 g/mol. The van der Waals surface area contributed by atoms with Crippen molar-refractivity contribution < 1.29 is 47.3 Å². The Balaban J connectivity index is 2.01. The first-order chi connectivity index (χ1) is 23.9. The number of hydrogen-bond donors (Lipinski definition) is 1. The smallest absolute Gasteiger partial charge is 0.248 e. The summed E-state index contributed by atoms with van der Waals surface area (Å²) < 4.78 is 45.7. The maximum absolute atomic E-state index is 13.2. The summed E-state index contributed by atoms with van der Waals surface area (Å²) in [6.45, 7) is 29.4. The molecule has 0 aliphatic carbocycles. The molecule has 1 aromatic rings. The summed E-state index contributed by atoms with van der Waals surface area (Å²) >= 11 is 0. The van der Waals surface area contributed by atoms with Gasteiger partial charge in [-0.25, -0.2) is 5.06 Å². The number of epoxide rings is 1. The van der Waals surface area contributed by atoms with E-state index in [2.05, 4.69) is 74.7 Å². The number of benzene rings is 1. The highest BCUT2D eigenvalue weighted by molar-refractivity contribution is 6.74. The van der Waals surface area contributed by atoms with E-state index in [9.17, 15) is 9.90 Å². The zero-order valence-electron chi connectivity index (χ0n) is 35.0. The number of methoxy groups -OCH3 is 1. The van der Waals surface area contributed by atoms with Gasteiger partial charge in [0.05, 0.1) is 64.9 Å². The van der Waals surface area contributed by atoms with E-state index in [0.29, 0.717) is 19.8 Å². The Labute approximate surface area is 316 Å². The molecule has 300 valence electrons. The zero-order chi connectivity index (χ0) is 39.4. The lowest BCUT2D eigenvalue weighted by atomic mass is 9.80. The number of aliphatic hydroxyl groups is 1. The number of rotatable bonds is 18. The van der Waals surface area contributed by atoms with Gasteiger partial charge in [-0.1, -0.05) is 60.6 Å². The second kappa shape index (κ2) is 17.6. The first-order valence-electron chi connectivity index (χ1n) is 18.8. The van der Waals surface area contributed by atoms with Crippen LogP contribution in [0.1, 0.15) is 74.3 Å². The number of amides is 1. The molecule has 52 heavy (non-hydrogen) atoms. The van der Waals surface area contributed by atoms with E-state index >= 15 is 0 Å². The van der Waals surface area contributed by atoms with E-state index in [4.69, 9.17) is 37.4 Å². The van der Waals surface area contributed by atoms with Gasteiger partial charge in [0.15, 0.2) is 22.4 Å². The molecule has 2 aliphatic rings. The lowest BCUT2D eigenvalue weighted by Gasteiger charge is -2.51. The van der Waals surface area contributed by atoms with Gasteiger partial charge in [-0.2, -0.15) is 0 Å². The standard InChI is InChI=1S/C39H71NO10Si2/c1-26(23-45-24-27-17-19-28(43-11)20-18-27)33-36(47-33)35(50-52(15,16)38(5,6)7)30(25-46-51(13,14)37(2,3)4)34-29(22-41)31(48-39(8,9)49-34)21-32(42)40(10)44-12/h17-20,26,29-31,33-36,41H,21-25H2,1-16H3/t26-,29+,30-,31+,33+,34+,35-,36-/m0/s1. The topological polar surface area (TPSA) is 118 Å². The monoisotopic (exact) mass is 769 g/mol. The number of nitrogens with zero attached hydrogens (tertiary/aromatic N) is 1. The fraction of sp³-hybridized carbons (Fsp3) is 0.821. The zero-order valence-corrected chi connectivity index (χ0v) is 37.0. The van der Waals surface area contributed by atoms with Gasteiger partial charge in [0.25, 0.3) is 0 Å². The quantitative estimate of drug-likeness (QED) is 0.0935. The van der Waals surface area contributed by atoms with Gasteiger partial charge in [0.2, 0.25) is 5.91 Å². The molecule has 0 saturated carbocycles. The largest absolute Gasteiger partial charge is 0.497 e. The van der Waals surface area contributed by atoms with Crippen LogP contribution in [-0.4, -0.2) is 110 Å². The van der Waals surface area contributed by atoms with Crippen LogP contribution in [-0.2, 0) is 44.0 Å². The first kappa shape index (κ1) is 45.0. The maximum Gasteiger partial charge on any atom is 0.248 e. The summed E-state index contributed by atoms with van der Waals surface area (Å²) in [5.41, 5.74) is 1.07. The molecule has 1 aromatic carbocycles. The molecule has 2 saturated heterocycles. The van der Waals surface area contributed by atoms with Crippen LogP contribution in [0.15, 0.2) is 24.3 Å². The van der Waals surface area contributed by atoms with Crippen molar-refractivity contribution in [3.05, 3.63) is 29.8 Å². The van der Waals surface area contributed by atoms with Crippen molar-refractivity contribution in [1.29, 1.82) is 0 Å². The Bertz CT molecular complexity index is 1280. The summed E-state index contributed by atoms with van der Waals surface area (Å²) in [6, 6.07) is 7.90.